The summed E-state index contributed by atoms with van der Waals surface area (Å²) in [6, 6.07) is 5.16. The van der Waals surface area contributed by atoms with E-state index in [1.807, 2.05) is 6.92 Å². The minimum atomic E-state index is -3.42. The molecule has 1 aromatic rings. The molecule has 3 rings (SSSR count). The Kier molecular flexibility index (Phi) is 5.47. The molecule has 134 valence electrons. The number of sulfonamides is 1. The van der Waals surface area contributed by atoms with Gasteiger partial charge in [0.05, 0.1) is 12.0 Å². The fraction of sp³-hybridized carbons (Fsp3) is 0.667. The van der Waals surface area contributed by atoms with E-state index < -0.39 is 10.0 Å². The van der Waals surface area contributed by atoms with Crippen LogP contribution in [0.3, 0.4) is 0 Å². The smallest absolute Gasteiger partial charge is 0.243 e. The summed E-state index contributed by atoms with van der Waals surface area (Å²) in [6.07, 6.45) is 5.39. The zero-order valence-corrected chi connectivity index (χ0v) is 15.5. The highest BCUT2D eigenvalue weighted by atomic mass is 32.2. The second-order valence-corrected chi connectivity index (χ2v) is 8.89. The summed E-state index contributed by atoms with van der Waals surface area (Å²) in [5.74, 6) is 1.50. The Labute approximate surface area is 145 Å². The summed E-state index contributed by atoms with van der Waals surface area (Å²) in [4.78, 5) is 2.83. The Morgan fingerprint density at radius 2 is 1.79 bits per heavy atom. The van der Waals surface area contributed by atoms with Gasteiger partial charge < -0.3 is 9.64 Å². The van der Waals surface area contributed by atoms with E-state index >= 15 is 0 Å². The Hall–Kier alpha value is -1.11. The summed E-state index contributed by atoms with van der Waals surface area (Å²) in [5.41, 5.74) is 0.739. The molecule has 1 aliphatic carbocycles. The SMILES string of the molecule is COc1ccc(S(=O)(=O)N2CCN(CC3CCCC3)CC2)c(C)c1. The van der Waals surface area contributed by atoms with Crippen LogP contribution in [0, 0.1) is 12.8 Å². The van der Waals surface area contributed by atoms with Crippen molar-refractivity contribution in [3.63, 3.8) is 0 Å². The lowest BCUT2D eigenvalue weighted by Crippen LogP contribution is -2.49. The maximum Gasteiger partial charge on any atom is 0.243 e. The maximum atomic E-state index is 12.9. The van der Waals surface area contributed by atoms with Crippen LogP contribution in [0.25, 0.3) is 0 Å². The van der Waals surface area contributed by atoms with Crippen LogP contribution in [0.1, 0.15) is 31.2 Å². The summed E-state index contributed by atoms with van der Waals surface area (Å²) in [7, 11) is -1.83. The number of benzene rings is 1. The van der Waals surface area contributed by atoms with Crippen LogP contribution in [0.5, 0.6) is 5.75 Å². The van der Waals surface area contributed by atoms with Crippen molar-refractivity contribution in [3.05, 3.63) is 23.8 Å². The van der Waals surface area contributed by atoms with E-state index in [9.17, 15) is 8.42 Å². The highest BCUT2D eigenvalue weighted by Crippen LogP contribution is 2.27. The quantitative estimate of drug-likeness (QED) is 0.817. The average Bonchev–Trinajstić information content (AvgIpc) is 3.08. The minimum Gasteiger partial charge on any atom is -0.497 e. The molecular formula is C18H28N2O3S. The van der Waals surface area contributed by atoms with Gasteiger partial charge in [-0.15, -0.1) is 0 Å². The number of methoxy groups -OCH3 is 1. The molecule has 6 heteroatoms. The Morgan fingerprint density at radius 1 is 1.12 bits per heavy atom. The zero-order valence-electron chi connectivity index (χ0n) is 14.7. The van der Waals surface area contributed by atoms with Crippen molar-refractivity contribution in [2.24, 2.45) is 5.92 Å². The molecule has 24 heavy (non-hydrogen) atoms. The zero-order chi connectivity index (χ0) is 17.2. The fourth-order valence-electron chi connectivity index (χ4n) is 3.89. The molecule has 1 aliphatic heterocycles. The van der Waals surface area contributed by atoms with Crippen LogP contribution in [-0.2, 0) is 10.0 Å². The number of hydrogen-bond donors (Lipinski definition) is 0. The lowest BCUT2D eigenvalue weighted by molar-refractivity contribution is 0.165. The van der Waals surface area contributed by atoms with Crippen molar-refractivity contribution < 1.29 is 13.2 Å². The van der Waals surface area contributed by atoms with Gasteiger partial charge in [-0.05, 0) is 49.4 Å². The molecule has 0 N–H and O–H groups in total. The van der Waals surface area contributed by atoms with Gasteiger partial charge in [-0.3, -0.25) is 0 Å². The molecule has 0 bridgehead atoms. The second kappa shape index (κ2) is 7.42. The number of aryl methyl sites for hydroxylation is 1. The van der Waals surface area contributed by atoms with E-state index in [2.05, 4.69) is 4.90 Å². The van der Waals surface area contributed by atoms with E-state index in [0.717, 1.165) is 31.1 Å². The topological polar surface area (TPSA) is 49.9 Å². The molecule has 5 nitrogen and oxygen atoms in total. The molecule has 1 aromatic carbocycles. The van der Waals surface area contributed by atoms with Crippen LogP contribution in [0.2, 0.25) is 0 Å². The van der Waals surface area contributed by atoms with Crippen molar-refractivity contribution in [2.75, 3.05) is 39.8 Å². The first kappa shape index (κ1) is 17.7. The first-order valence-electron chi connectivity index (χ1n) is 8.88. The molecule has 1 saturated heterocycles. The highest BCUT2D eigenvalue weighted by molar-refractivity contribution is 7.89. The minimum absolute atomic E-state index is 0.396. The number of hydrogen-bond acceptors (Lipinski definition) is 4. The van der Waals surface area contributed by atoms with Crippen molar-refractivity contribution in [3.8, 4) is 5.75 Å². The second-order valence-electron chi connectivity index (χ2n) is 6.99. The van der Waals surface area contributed by atoms with Crippen LogP contribution >= 0.6 is 0 Å². The number of piperazine rings is 1. The lowest BCUT2D eigenvalue weighted by atomic mass is 10.1. The summed E-state index contributed by atoms with van der Waals surface area (Å²) < 4.78 is 32.7. The van der Waals surface area contributed by atoms with E-state index in [-0.39, 0.29) is 0 Å². The predicted octanol–water partition coefficient (Wildman–Crippen LogP) is 2.50. The number of nitrogens with zero attached hydrogens (tertiary/aromatic N) is 2. The standard InChI is InChI=1S/C18H28N2O3S/c1-15-13-17(23-2)7-8-18(15)24(21,22)20-11-9-19(10-12-20)14-16-5-3-4-6-16/h7-8,13,16H,3-6,9-12,14H2,1-2H3. The highest BCUT2D eigenvalue weighted by Gasteiger charge is 2.30. The lowest BCUT2D eigenvalue weighted by Gasteiger charge is -2.35. The molecule has 1 saturated carbocycles. The van der Waals surface area contributed by atoms with Crippen LogP contribution < -0.4 is 4.74 Å². The largest absolute Gasteiger partial charge is 0.497 e. The van der Waals surface area contributed by atoms with Gasteiger partial charge in [-0.25, -0.2) is 8.42 Å². The fourth-order valence-corrected chi connectivity index (χ4v) is 5.52. The summed E-state index contributed by atoms with van der Waals surface area (Å²) >= 11 is 0. The molecule has 0 spiro atoms. The van der Waals surface area contributed by atoms with Crippen molar-refractivity contribution in [1.29, 1.82) is 0 Å². The van der Waals surface area contributed by atoms with E-state index in [4.69, 9.17) is 4.74 Å². The Bertz CT molecular complexity index is 661. The number of ether oxygens (including phenoxy) is 1. The van der Waals surface area contributed by atoms with Gasteiger partial charge in [0.15, 0.2) is 0 Å². The Balaban J connectivity index is 1.64. The molecular weight excluding hydrogens is 324 g/mol. The molecule has 1 heterocycles. The van der Waals surface area contributed by atoms with E-state index in [1.165, 1.54) is 25.7 Å². The molecule has 0 atom stereocenters. The van der Waals surface area contributed by atoms with Crippen LogP contribution in [-0.4, -0.2) is 57.5 Å². The van der Waals surface area contributed by atoms with Crippen molar-refractivity contribution >= 4 is 10.0 Å². The first-order chi connectivity index (χ1) is 11.5. The van der Waals surface area contributed by atoms with Gasteiger partial charge in [-0.2, -0.15) is 4.31 Å². The average molecular weight is 353 g/mol. The van der Waals surface area contributed by atoms with Crippen LogP contribution in [0.15, 0.2) is 23.1 Å². The maximum absolute atomic E-state index is 12.9. The molecule has 0 aromatic heterocycles. The predicted molar refractivity (Wildman–Crippen MR) is 94.9 cm³/mol. The first-order valence-corrected chi connectivity index (χ1v) is 10.3. The van der Waals surface area contributed by atoms with Gasteiger partial charge in [-0.1, -0.05) is 12.8 Å². The van der Waals surface area contributed by atoms with Gasteiger partial charge in [0, 0.05) is 32.7 Å². The van der Waals surface area contributed by atoms with E-state index in [1.54, 1.807) is 29.6 Å². The molecule has 2 aliphatic rings. The van der Waals surface area contributed by atoms with Crippen molar-refractivity contribution in [2.45, 2.75) is 37.5 Å². The van der Waals surface area contributed by atoms with Gasteiger partial charge in [0.2, 0.25) is 10.0 Å². The van der Waals surface area contributed by atoms with Gasteiger partial charge in [0.1, 0.15) is 5.75 Å². The third-order valence-corrected chi connectivity index (χ3v) is 7.38. The van der Waals surface area contributed by atoms with E-state index in [0.29, 0.717) is 23.7 Å². The summed E-state index contributed by atoms with van der Waals surface area (Å²) in [5, 5.41) is 0. The number of rotatable bonds is 5. The molecule has 2 fully saturated rings. The summed E-state index contributed by atoms with van der Waals surface area (Å²) in [6.45, 7) is 5.80. The monoisotopic (exact) mass is 352 g/mol. The third-order valence-electron chi connectivity index (χ3n) is 5.32. The molecule has 0 radical (unpaired) electrons. The normalized spacial score (nSPS) is 21.2. The van der Waals surface area contributed by atoms with Gasteiger partial charge >= 0.3 is 0 Å². The molecule has 0 unspecified atom stereocenters. The Morgan fingerprint density at radius 3 is 2.38 bits per heavy atom. The van der Waals surface area contributed by atoms with Gasteiger partial charge in [0.25, 0.3) is 0 Å². The third kappa shape index (κ3) is 3.76. The molecule has 0 amide bonds. The van der Waals surface area contributed by atoms with Crippen LogP contribution in [0.4, 0.5) is 0 Å². The van der Waals surface area contributed by atoms with Crippen molar-refractivity contribution in [1.82, 2.24) is 9.21 Å².